The van der Waals surface area contributed by atoms with Crippen molar-refractivity contribution >= 4 is 46.7 Å². The molecule has 1 aliphatic rings. The lowest BCUT2D eigenvalue weighted by molar-refractivity contribution is -0.149. The van der Waals surface area contributed by atoms with Gasteiger partial charge in [0.1, 0.15) is 12.4 Å². The third-order valence-electron chi connectivity index (χ3n) is 14.4. The molecule has 2 aromatic carbocycles. The SMILES string of the molecule is CC[C@H](C)[C@@H]([C@@H](CC(=O)N1CCC[C@H]1[C@H](OC)[C@@H](C)C(=O)N[C@@H](Cc1ccccc1)C(=O)COCc1ccc(NC(=O)[C@@H](C)CC(=O)CCN)cc1)OC)N(C)C(=O)[C@@H](CC(=O)[C@H](C(C)C)N(C)C)C(C)C. The summed E-state index contributed by atoms with van der Waals surface area (Å²) in [5.41, 5.74) is 7.64. The number of benzene rings is 2. The van der Waals surface area contributed by atoms with Gasteiger partial charge in [0, 0.05) is 64.6 Å². The van der Waals surface area contributed by atoms with Crippen molar-refractivity contribution in [3.8, 4) is 0 Å². The lowest BCUT2D eigenvalue weighted by atomic mass is 9.83. The van der Waals surface area contributed by atoms with Gasteiger partial charge < -0.3 is 40.4 Å². The predicted molar refractivity (Wildman–Crippen MR) is 281 cm³/mol. The smallest absolute Gasteiger partial charge is 0.227 e. The largest absolute Gasteiger partial charge is 0.379 e. The first kappa shape index (κ1) is 61.4. The van der Waals surface area contributed by atoms with Crippen molar-refractivity contribution in [2.24, 2.45) is 41.2 Å². The Morgan fingerprint density at radius 3 is 2.00 bits per heavy atom. The van der Waals surface area contributed by atoms with Crippen molar-refractivity contribution in [1.29, 1.82) is 0 Å². The molecule has 1 aliphatic heterocycles. The Balaban J connectivity index is 1.73. The van der Waals surface area contributed by atoms with Crippen LogP contribution in [0.15, 0.2) is 54.6 Å². The summed E-state index contributed by atoms with van der Waals surface area (Å²) in [4.78, 5) is 101. The Hall–Kier alpha value is -4.87. The number of hydrogen-bond donors (Lipinski definition) is 3. The number of ketones is 3. The molecule has 3 rings (SSSR count). The number of carbonyl (C=O) groups excluding carboxylic acids is 7. The van der Waals surface area contributed by atoms with Gasteiger partial charge in [-0.25, -0.2) is 0 Å². The third kappa shape index (κ3) is 18.0. The molecule has 0 saturated carbocycles. The highest BCUT2D eigenvalue weighted by molar-refractivity contribution is 5.95. The molecule has 1 heterocycles. The van der Waals surface area contributed by atoms with Gasteiger partial charge in [0.25, 0.3) is 0 Å². The Kier molecular flexibility index (Phi) is 25.9. The summed E-state index contributed by atoms with van der Waals surface area (Å²) in [6.45, 7) is 16.0. The minimum absolute atomic E-state index is 0.00918. The van der Waals surface area contributed by atoms with Crippen molar-refractivity contribution < 1.29 is 47.8 Å². The zero-order valence-corrected chi connectivity index (χ0v) is 45.6. The van der Waals surface area contributed by atoms with Crippen LogP contribution in [-0.2, 0) is 60.8 Å². The highest BCUT2D eigenvalue weighted by atomic mass is 16.5. The van der Waals surface area contributed by atoms with E-state index in [1.165, 1.54) is 7.11 Å². The Labute approximate surface area is 430 Å². The molecule has 4 N–H and O–H groups in total. The fraction of sp³-hybridized carbons (Fsp3) is 0.661. The second-order valence-electron chi connectivity index (χ2n) is 20.8. The number of hydrogen-bond acceptors (Lipinski definition) is 12. The summed E-state index contributed by atoms with van der Waals surface area (Å²) in [6.07, 6.45) is 1.35. The van der Waals surface area contributed by atoms with Crippen molar-refractivity contribution in [2.75, 3.05) is 60.4 Å². The number of ether oxygens (including phenoxy) is 3. The van der Waals surface area contributed by atoms with Crippen LogP contribution >= 0.6 is 0 Å². The quantitative estimate of drug-likeness (QED) is 0.0758. The van der Waals surface area contributed by atoms with Gasteiger partial charge in [-0.3, -0.25) is 38.5 Å². The summed E-state index contributed by atoms with van der Waals surface area (Å²) in [6, 6.07) is 14.3. The first-order valence-corrected chi connectivity index (χ1v) is 26.0. The second-order valence-corrected chi connectivity index (χ2v) is 20.8. The van der Waals surface area contributed by atoms with Gasteiger partial charge in [0.05, 0.1) is 55.3 Å². The molecular weight excluding hydrogens is 917 g/mol. The van der Waals surface area contributed by atoms with E-state index in [2.05, 4.69) is 10.6 Å². The zero-order chi connectivity index (χ0) is 53.8. The van der Waals surface area contributed by atoms with E-state index < -0.39 is 54.0 Å². The molecule has 16 nitrogen and oxygen atoms in total. The molecule has 2 aromatic rings. The van der Waals surface area contributed by atoms with Crippen LogP contribution in [0.25, 0.3) is 0 Å². The first-order valence-electron chi connectivity index (χ1n) is 26.0. The molecule has 0 aromatic heterocycles. The molecule has 4 amide bonds. The van der Waals surface area contributed by atoms with E-state index in [-0.39, 0.29) is 111 Å². The zero-order valence-electron chi connectivity index (χ0n) is 45.6. The van der Waals surface area contributed by atoms with E-state index in [9.17, 15) is 33.6 Å². The van der Waals surface area contributed by atoms with Crippen LogP contribution in [0.5, 0.6) is 0 Å². The van der Waals surface area contributed by atoms with Gasteiger partial charge in [-0.15, -0.1) is 0 Å². The van der Waals surface area contributed by atoms with E-state index in [1.54, 1.807) is 62.1 Å². The maximum Gasteiger partial charge on any atom is 0.227 e. The molecular formula is C56H88N6O10. The van der Waals surface area contributed by atoms with Gasteiger partial charge in [0.2, 0.25) is 23.6 Å². The fourth-order valence-corrected chi connectivity index (χ4v) is 10.2. The van der Waals surface area contributed by atoms with Crippen LogP contribution in [0.1, 0.15) is 111 Å². The van der Waals surface area contributed by atoms with Crippen molar-refractivity contribution in [3.63, 3.8) is 0 Å². The molecule has 0 spiro atoms. The monoisotopic (exact) mass is 1000 g/mol. The van der Waals surface area contributed by atoms with Gasteiger partial charge in [0.15, 0.2) is 11.6 Å². The van der Waals surface area contributed by atoms with Crippen LogP contribution in [0.2, 0.25) is 0 Å². The number of nitrogens with two attached hydrogens (primary N) is 1. The number of likely N-dealkylation sites (N-methyl/N-ethyl adjacent to an activating group) is 2. The molecule has 402 valence electrons. The summed E-state index contributed by atoms with van der Waals surface area (Å²) >= 11 is 0. The lowest BCUT2D eigenvalue weighted by Crippen LogP contribution is -2.55. The normalized spacial score (nSPS) is 17.6. The average molecular weight is 1010 g/mol. The van der Waals surface area contributed by atoms with Crippen molar-refractivity contribution in [1.82, 2.24) is 20.0 Å². The number of rotatable bonds is 32. The number of Topliss-reactive ketones (excluding diaryl/α,β-unsaturated/α-hetero) is 3. The van der Waals surface area contributed by atoms with E-state index in [0.717, 1.165) is 17.5 Å². The number of nitrogens with one attached hydrogen (secondary N) is 2. The fourth-order valence-electron chi connectivity index (χ4n) is 10.2. The second kappa shape index (κ2) is 30.4. The molecule has 1 saturated heterocycles. The number of methoxy groups -OCH3 is 2. The van der Waals surface area contributed by atoms with Crippen LogP contribution in [0.3, 0.4) is 0 Å². The van der Waals surface area contributed by atoms with Crippen LogP contribution < -0.4 is 16.4 Å². The van der Waals surface area contributed by atoms with E-state index in [4.69, 9.17) is 19.9 Å². The summed E-state index contributed by atoms with van der Waals surface area (Å²) in [5, 5.41) is 5.82. The molecule has 1 fully saturated rings. The predicted octanol–water partition coefficient (Wildman–Crippen LogP) is 6.12. The minimum Gasteiger partial charge on any atom is -0.379 e. The Bertz CT molecular complexity index is 2040. The maximum atomic E-state index is 14.5. The molecule has 0 aliphatic carbocycles. The number of amides is 4. The molecule has 72 heavy (non-hydrogen) atoms. The average Bonchev–Trinajstić information content (AvgIpc) is 3.82. The number of likely N-dealkylation sites (tertiary alicyclic amines) is 1. The van der Waals surface area contributed by atoms with Crippen LogP contribution in [0.4, 0.5) is 5.69 Å². The molecule has 16 heteroatoms. The number of nitrogens with zero attached hydrogens (tertiary/aromatic N) is 3. The van der Waals surface area contributed by atoms with E-state index in [1.807, 2.05) is 90.9 Å². The third-order valence-corrected chi connectivity index (χ3v) is 14.4. The Morgan fingerprint density at radius 1 is 0.792 bits per heavy atom. The van der Waals surface area contributed by atoms with Gasteiger partial charge in [-0.1, -0.05) is 104 Å². The highest BCUT2D eigenvalue weighted by Gasteiger charge is 2.43. The Morgan fingerprint density at radius 2 is 1.44 bits per heavy atom. The molecule has 0 unspecified atom stereocenters. The van der Waals surface area contributed by atoms with Crippen molar-refractivity contribution in [3.05, 3.63) is 65.7 Å². The van der Waals surface area contributed by atoms with Gasteiger partial charge in [-0.2, -0.15) is 0 Å². The first-order chi connectivity index (χ1) is 34.1. The highest BCUT2D eigenvalue weighted by Crippen LogP contribution is 2.31. The summed E-state index contributed by atoms with van der Waals surface area (Å²) in [7, 11) is 8.61. The lowest BCUT2D eigenvalue weighted by Gasteiger charge is -2.41. The summed E-state index contributed by atoms with van der Waals surface area (Å²) in [5.74, 6) is -3.24. The topological polar surface area (TPSA) is 207 Å². The maximum absolute atomic E-state index is 14.5. The van der Waals surface area contributed by atoms with E-state index >= 15 is 0 Å². The van der Waals surface area contributed by atoms with Crippen LogP contribution in [-0.4, -0.2) is 147 Å². The van der Waals surface area contributed by atoms with Crippen molar-refractivity contribution in [2.45, 2.75) is 150 Å². The standard InChI is InChI=1S/C56H88N6O10/c1-14-37(6)52(61(11)56(69)44(35(2)3)31-47(64)51(36(4)5)60(9)10)49(70-12)32-50(66)62-28-18-21-46(62)53(71-13)39(8)55(68)59-45(30-40-19-16-15-17-20-40)48(65)34-72-33-41-22-24-42(25-23-41)58-54(67)38(7)29-43(63)26-27-57/h15-17,19-20,22-25,35-39,44-46,49,51-53H,14,18,21,26-34,57H2,1-13H3,(H,58,67)(H,59,68)/t37-,38-,39+,44-,45-,46-,49+,51-,52-,53+/m0/s1. The summed E-state index contributed by atoms with van der Waals surface area (Å²) < 4.78 is 18.0. The molecule has 0 bridgehead atoms. The number of anilines is 1. The molecule has 0 radical (unpaired) electrons. The number of carbonyl (C=O) groups is 7. The van der Waals surface area contributed by atoms with Gasteiger partial charge >= 0.3 is 0 Å². The minimum atomic E-state index is -0.921. The van der Waals surface area contributed by atoms with E-state index in [0.29, 0.717) is 25.1 Å². The van der Waals surface area contributed by atoms with Gasteiger partial charge in [-0.05, 0) is 80.9 Å². The molecule has 10 atom stereocenters. The van der Waals surface area contributed by atoms with Crippen LogP contribution in [0, 0.1) is 35.5 Å².